The monoisotopic (exact) mass is 382 g/mol. The van der Waals surface area contributed by atoms with E-state index in [9.17, 15) is 8.42 Å². The number of nitrogens with two attached hydrogens (primary N) is 1. The first-order valence-corrected chi connectivity index (χ1v) is 9.16. The first-order chi connectivity index (χ1) is 9.95. The molecule has 0 amide bonds. The Kier molecular flexibility index (Phi) is 3.64. The minimum Gasteiger partial charge on any atom is -0.398 e. The number of benzene rings is 2. The molecule has 0 radical (unpaired) electrons. The SMILES string of the molecule is Nc1cc(S(=O)(=O)Nc2ccc3sccc3c2)ccc1Br. The predicted molar refractivity (Wildman–Crippen MR) is 91.2 cm³/mol. The standard InChI is InChI=1S/C14H11BrN2O2S2/c15-12-3-2-11(8-13(12)16)21(18,19)17-10-1-4-14-9(7-10)5-6-20-14/h1-8,17H,16H2. The molecule has 1 aromatic heterocycles. The average molecular weight is 383 g/mol. The normalized spacial score (nSPS) is 11.7. The molecule has 0 fully saturated rings. The molecule has 0 spiro atoms. The highest BCUT2D eigenvalue weighted by molar-refractivity contribution is 9.10. The molecule has 0 aliphatic carbocycles. The number of rotatable bonds is 3. The van der Waals surface area contributed by atoms with Crippen LogP contribution in [0.5, 0.6) is 0 Å². The van der Waals surface area contributed by atoms with E-state index in [2.05, 4.69) is 20.7 Å². The number of nitrogen functional groups attached to an aromatic ring is 1. The predicted octanol–water partition coefficient (Wildman–Crippen LogP) is 4.05. The van der Waals surface area contributed by atoms with E-state index in [-0.39, 0.29) is 4.90 Å². The Balaban J connectivity index is 1.96. The van der Waals surface area contributed by atoms with Gasteiger partial charge in [-0.2, -0.15) is 0 Å². The summed E-state index contributed by atoms with van der Waals surface area (Å²) in [6.45, 7) is 0. The molecule has 3 rings (SSSR count). The van der Waals surface area contributed by atoms with Crippen molar-refractivity contribution in [3.05, 3.63) is 52.3 Å². The summed E-state index contributed by atoms with van der Waals surface area (Å²) in [5, 5.41) is 2.98. The van der Waals surface area contributed by atoms with Gasteiger partial charge in [0.25, 0.3) is 10.0 Å². The van der Waals surface area contributed by atoms with Crippen molar-refractivity contribution in [1.29, 1.82) is 0 Å². The number of thiophene rings is 1. The van der Waals surface area contributed by atoms with Gasteiger partial charge in [-0.15, -0.1) is 11.3 Å². The molecule has 21 heavy (non-hydrogen) atoms. The third-order valence-corrected chi connectivity index (χ3v) is 5.98. The fourth-order valence-corrected chi connectivity index (χ4v) is 4.04. The van der Waals surface area contributed by atoms with E-state index in [1.165, 1.54) is 12.1 Å². The van der Waals surface area contributed by atoms with Crippen LogP contribution in [0.25, 0.3) is 10.1 Å². The lowest BCUT2D eigenvalue weighted by Gasteiger charge is -2.09. The molecular formula is C14H11BrN2O2S2. The minimum absolute atomic E-state index is 0.133. The van der Waals surface area contributed by atoms with Crippen molar-refractivity contribution in [1.82, 2.24) is 0 Å². The Morgan fingerprint density at radius 1 is 1.10 bits per heavy atom. The summed E-state index contributed by atoms with van der Waals surface area (Å²) in [6.07, 6.45) is 0. The van der Waals surface area contributed by atoms with Crippen molar-refractivity contribution in [2.24, 2.45) is 0 Å². The van der Waals surface area contributed by atoms with E-state index in [0.29, 0.717) is 15.8 Å². The number of anilines is 2. The van der Waals surface area contributed by atoms with Crippen LogP contribution < -0.4 is 10.5 Å². The number of halogens is 1. The second-order valence-electron chi connectivity index (χ2n) is 4.46. The van der Waals surface area contributed by atoms with Crippen LogP contribution >= 0.6 is 27.3 Å². The van der Waals surface area contributed by atoms with Crippen LogP contribution in [-0.2, 0) is 10.0 Å². The fraction of sp³-hybridized carbons (Fsp3) is 0. The van der Waals surface area contributed by atoms with Crippen LogP contribution in [0.2, 0.25) is 0 Å². The van der Waals surface area contributed by atoms with Crippen LogP contribution in [0.1, 0.15) is 0 Å². The number of fused-ring (bicyclic) bond motifs is 1. The molecule has 4 nitrogen and oxygen atoms in total. The quantitative estimate of drug-likeness (QED) is 0.671. The maximum Gasteiger partial charge on any atom is 0.261 e. The highest BCUT2D eigenvalue weighted by Gasteiger charge is 2.15. The third kappa shape index (κ3) is 2.90. The molecule has 1 heterocycles. The van der Waals surface area contributed by atoms with Crippen molar-refractivity contribution < 1.29 is 8.42 Å². The summed E-state index contributed by atoms with van der Waals surface area (Å²) >= 11 is 4.86. The molecule has 0 aliphatic heterocycles. The van der Waals surface area contributed by atoms with Gasteiger partial charge in [-0.05, 0) is 69.2 Å². The molecule has 0 bridgehead atoms. The lowest BCUT2D eigenvalue weighted by atomic mass is 10.2. The third-order valence-electron chi connectivity index (χ3n) is 2.98. The second kappa shape index (κ2) is 5.32. The van der Waals surface area contributed by atoms with Gasteiger partial charge in [0, 0.05) is 20.5 Å². The molecule has 0 saturated carbocycles. The number of hydrogen-bond acceptors (Lipinski definition) is 4. The summed E-state index contributed by atoms with van der Waals surface area (Å²) in [5.41, 5.74) is 6.64. The Bertz CT molecular complexity index is 920. The lowest BCUT2D eigenvalue weighted by molar-refractivity contribution is 0.601. The molecular weight excluding hydrogens is 372 g/mol. The first-order valence-electron chi connectivity index (χ1n) is 6.01. The fourth-order valence-electron chi connectivity index (χ4n) is 1.93. The number of sulfonamides is 1. The average Bonchev–Trinajstić information content (AvgIpc) is 2.88. The van der Waals surface area contributed by atoms with Gasteiger partial charge in [-0.3, -0.25) is 4.72 Å². The lowest BCUT2D eigenvalue weighted by Crippen LogP contribution is -2.13. The zero-order valence-electron chi connectivity index (χ0n) is 10.7. The van der Waals surface area contributed by atoms with Crippen molar-refractivity contribution >= 4 is 58.8 Å². The molecule has 0 saturated heterocycles. The first kappa shape index (κ1) is 14.4. The van der Waals surface area contributed by atoms with Crippen LogP contribution in [-0.4, -0.2) is 8.42 Å². The molecule has 3 aromatic rings. The largest absolute Gasteiger partial charge is 0.398 e. The van der Waals surface area contributed by atoms with Crippen molar-refractivity contribution in [3.8, 4) is 0 Å². The van der Waals surface area contributed by atoms with Gasteiger partial charge < -0.3 is 5.73 Å². The molecule has 3 N–H and O–H groups in total. The van der Waals surface area contributed by atoms with E-state index in [1.807, 2.05) is 23.6 Å². The number of hydrogen-bond donors (Lipinski definition) is 2. The van der Waals surface area contributed by atoms with Gasteiger partial charge in [-0.1, -0.05) is 0 Å². The zero-order chi connectivity index (χ0) is 15.0. The van der Waals surface area contributed by atoms with Crippen molar-refractivity contribution in [3.63, 3.8) is 0 Å². The number of nitrogens with one attached hydrogen (secondary N) is 1. The van der Waals surface area contributed by atoms with Gasteiger partial charge in [0.15, 0.2) is 0 Å². The molecule has 0 atom stereocenters. The summed E-state index contributed by atoms with van der Waals surface area (Å²) < 4.78 is 29.1. The van der Waals surface area contributed by atoms with E-state index >= 15 is 0 Å². The zero-order valence-corrected chi connectivity index (χ0v) is 13.9. The smallest absolute Gasteiger partial charge is 0.261 e. The summed E-state index contributed by atoms with van der Waals surface area (Å²) in [5.74, 6) is 0. The Labute approximate surface area is 134 Å². The van der Waals surface area contributed by atoms with Gasteiger partial charge in [0.1, 0.15) is 0 Å². The van der Waals surface area contributed by atoms with E-state index in [0.717, 1.165) is 10.1 Å². The summed E-state index contributed by atoms with van der Waals surface area (Å²) in [4.78, 5) is 0.133. The van der Waals surface area contributed by atoms with Crippen molar-refractivity contribution in [2.75, 3.05) is 10.5 Å². The van der Waals surface area contributed by atoms with Gasteiger partial charge >= 0.3 is 0 Å². The Morgan fingerprint density at radius 2 is 1.90 bits per heavy atom. The maximum atomic E-state index is 12.4. The van der Waals surface area contributed by atoms with Crippen LogP contribution in [0.4, 0.5) is 11.4 Å². The topological polar surface area (TPSA) is 72.2 Å². The van der Waals surface area contributed by atoms with E-state index in [4.69, 9.17) is 5.73 Å². The van der Waals surface area contributed by atoms with Crippen molar-refractivity contribution in [2.45, 2.75) is 4.90 Å². The highest BCUT2D eigenvalue weighted by Crippen LogP contribution is 2.27. The van der Waals surface area contributed by atoms with Crippen LogP contribution in [0, 0.1) is 0 Å². The molecule has 0 aliphatic rings. The summed E-state index contributed by atoms with van der Waals surface area (Å²) in [6, 6.07) is 12.0. The van der Waals surface area contributed by atoms with E-state index < -0.39 is 10.0 Å². The molecule has 2 aromatic carbocycles. The molecule has 7 heteroatoms. The Hall–Kier alpha value is -1.57. The second-order valence-corrected chi connectivity index (χ2v) is 7.95. The molecule has 0 unspecified atom stereocenters. The maximum absolute atomic E-state index is 12.4. The van der Waals surface area contributed by atoms with Gasteiger partial charge in [0.2, 0.25) is 0 Å². The Morgan fingerprint density at radius 3 is 2.67 bits per heavy atom. The van der Waals surface area contributed by atoms with Gasteiger partial charge in [-0.25, -0.2) is 8.42 Å². The van der Waals surface area contributed by atoms with Crippen LogP contribution in [0.15, 0.2) is 57.2 Å². The van der Waals surface area contributed by atoms with E-state index in [1.54, 1.807) is 23.5 Å². The van der Waals surface area contributed by atoms with Crippen LogP contribution in [0.3, 0.4) is 0 Å². The highest BCUT2D eigenvalue weighted by atomic mass is 79.9. The summed E-state index contributed by atoms with van der Waals surface area (Å²) in [7, 11) is -3.65. The minimum atomic E-state index is -3.65. The van der Waals surface area contributed by atoms with Gasteiger partial charge in [0.05, 0.1) is 4.90 Å². The molecule has 108 valence electrons.